The van der Waals surface area contributed by atoms with Gasteiger partial charge in [-0.3, -0.25) is 0 Å². The van der Waals surface area contributed by atoms with Crippen LogP contribution in [0.15, 0.2) is 53.4 Å². The van der Waals surface area contributed by atoms with Gasteiger partial charge in [-0.15, -0.1) is 0 Å². The fraction of sp³-hybridized carbons (Fsp3) is 0.368. The van der Waals surface area contributed by atoms with Crippen LogP contribution in [0, 0.1) is 12.7 Å². The van der Waals surface area contributed by atoms with Gasteiger partial charge >= 0.3 is 0 Å². The smallest absolute Gasteiger partial charge is 0.183 e. The monoisotopic (exact) mass is 363 g/mol. The van der Waals surface area contributed by atoms with Gasteiger partial charge in [0.25, 0.3) is 0 Å². The van der Waals surface area contributed by atoms with E-state index >= 15 is 0 Å². The minimum Gasteiger partial charge on any atom is -0.380 e. The number of hydrogen-bond donors (Lipinski definition) is 1. The maximum absolute atomic E-state index is 13.2. The lowest BCUT2D eigenvalue weighted by molar-refractivity contribution is 0.125. The molecule has 1 saturated carbocycles. The Bertz CT molecular complexity index is 849. The lowest BCUT2D eigenvalue weighted by Crippen LogP contribution is -2.36. The number of sulfone groups is 1. The van der Waals surface area contributed by atoms with Gasteiger partial charge in [0.2, 0.25) is 0 Å². The molecular weight excluding hydrogens is 341 g/mol. The molecule has 2 N–H and O–H groups in total. The van der Waals surface area contributed by atoms with Gasteiger partial charge in [0.05, 0.1) is 22.3 Å². The third kappa shape index (κ3) is 3.21. The summed E-state index contributed by atoms with van der Waals surface area (Å²) in [4.78, 5) is 0.249. The van der Waals surface area contributed by atoms with Gasteiger partial charge in [0.1, 0.15) is 5.82 Å². The zero-order valence-electron chi connectivity index (χ0n) is 14.3. The molecule has 0 aromatic heterocycles. The highest BCUT2D eigenvalue weighted by Gasteiger charge is 2.69. The highest BCUT2D eigenvalue weighted by molar-refractivity contribution is 7.92. The Kier molecular flexibility index (Phi) is 4.70. The van der Waals surface area contributed by atoms with Crippen LogP contribution in [0.2, 0.25) is 0 Å². The summed E-state index contributed by atoms with van der Waals surface area (Å²) in [5, 5.41) is -0.792. The Morgan fingerprint density at radius 1 is 1.12 bits per heavy atom. The van der Waals surface area contributed by atoms with Crippen molar-refractivity contribution in [1.82, 2.24) is 0 Å². The normalized spacial score (nSPS) is 25.8. The average molecular weight is 363 g/mol. The maximum atomic E-state index is 13.2. The Hall–Kier alpha value is -1.76. The number of benzene rings is 2. The second-order valence-electron chi connectivity index (χ2n) is 6.56. The molecule has 0 unspecified atom stereocenters. The number of nitrogens with two attached hydrogens (primary N) is 1. The van der Waals surface area contributed by atoms with Crippen LogP contribution in [0.4, 0.5) is 4.39 Å². The molecule has 0 bridgehead atoms. The number of aryl methyl sites for hydroxylation is 1. The fourth-order valence-electron chi connectivity index (χ4n) is 3.37. The minimum absolute atomic E-state index is 0.140. The Morgan fingerprint density at radius 2 is 1.72 bits per heavy atom. The molecule has 3 rings (SSSR count). The van der Waals surface area contributed by atoms with Gasteiger partial charge in [0, 0.05) is 12.5 Å². The summed E-state index contributed by atoms with van der Waals surface area (Å²) in [6.45, 7) is 4.33. The predicted molar refractivity (Wildman–Crippen MR) is 94.7 cm³/mol. The second kappa shape index (κ2) is 6.52. The first-order chi connectivity index (χ1) is 11.8. The topological polar surface area (TPSA) is 69.4 Å². The molecule has 4 nitrogen and oxygen atoms in total. The third-order valence-electron chi connectivity index (χ3n) is 4.77. The number of hydrogen-bond acceptors (Lipinski definition) is 4. The molecule has 2 aromatic carbocycles. The molecule has 134 valence electrons. The van der Waals surface area contributed by atoms with Crippen molar-refractivity contribution in [3.8, 4) is 0 Å². The first-order valence-corrected chi connectivity index (χ1v) is 9.78. The van der Waals surface area contributed by atoms with Crippen molar-refractivity contribution in [2.75, 3.05) is 13.2 Å². The van der Waals surface area contributed by atoms with E-state index in [4.69, 9.17) is 10.5 Å². The lowest BCUT2D eigenvalue weighted by atomic mass is 10.1. The SMILES string of the molecule is CCOC[C@@]1(N)[C@H](S(=O)(=O)c2ccc(C)cc2)[C@@H]1c1ccc(F)cc1. The molecule has 3 atom stereocenters. The quantitative estimate of drug-likeness (QED) is 0.857. The van der Waals surface area contributed by atoms with Crippen molar-refractivity contribution >= 4 is 9.84 Å². The maximum Gasteiger partial charge on any atom is 0.183 e. The van der Waals surface area contributed by atoms with Gasteiger partial charge < -0.3 is 10.5 Å². The molecule has 6 heteroatoms. The van der Waals surface area contributed by atoms with E-state index in [1.165, 1.54) is 12.1 Å². The molecule has 0 spiro atoms. The van der Waals surface area contributed by atoms with Crippen molar-refractivity contribution in [3.63, 3.8) is 0 Å². The van der Waals surface area contributed by atoms with Gasteiger partial charge in [-0.05, 0) is 43.7 Å². The zero-order chi connectivity index (χ0) is 18.2. The van der Waals surface area contributed by atoms with E-state index in [1.807, 2.05) is 13.8 Å². The average Bonchev–Trinajstić information content (AvgIpc) is 3.21. The Morgan fingerprint density at radius 3 is 2.28 bits per heavy atom. The van der Waals surface area contributed by atoms with Crippen molar-refractivity contribution < 1.29 is 17.5 Å². The van der Waals surface area contributed by atoms with Gasteiger partial charge in [0.15, 0.2) is 9.84 Å². The van der Waals surface area contributed by atoms with Gasteiger partial charge in [-0.2, -0.15) is 0 Å². The summed E-state index contributed by atoms with van der Waals surface area (Å²) < 4.78 is 44.9. The van der Waals surface area contributed by atoms with Crippen LogP contribution in [-0.2, 0) is 14.6 Å². The summed E-state index contributed by atoms with van der Waals surface area (Å²) in [6.07, 6.45) is 0. The molecule has 0 saturated heterocycles. The summed E-state index contributed by atoms with van der Waals surface area (Å²) >= 11 is 0. The molecule has 0 amide bonds. The van der Waals surface area contributed by atoms with Gasteiger partial charge in [-0.25, -0.2) is 12.8 Å². The summed E-state index contributed by atoms with van der Waals surface area (Å²) in [5.74, 6) is -0.791. The summed E-state index contributed by atoms with van der Waals surface area (Å²) in [6, 6.07) is 12.6. The molecule has 0 aliphatic heterocycles. The standard InChI is InChI=1S/C19H22FNO3S/c1-3-24-12-19(21)17(14-6-8-15(20)9-7-14)18(19)25(22,23)16-10-4-13(2)5-11-16/h4-11,17-18H,3,12,21H2,1-2H3/t17-,18+,19-/m0/s1. The molecule has 1 fully saturated rings. The Labute approximate surface area is 147 Å². The highest BCUT2D eigenvalue weighted by atomic mass is 32.2. The number of ether oxygens (including phenoxy) is 1. The van der Waals surface area contributed by atoms with E-state index in [0.29, 0.717) is 12.2 Å². The van der Waals surface area contributed by atoms with Crippen molar-refractivity contribution in [3.05, 3.63) is 65.5 Å². The largest absolute Gasteiger partial charge is 0.380 e. The van der Waals surface area contributed by atoms with Crippen LogP contribution < -0.4 is 5.73 Å². The number of halogens is 1. The van der Waals surface area contributed by atoms with Gasteiger partial charge in [-0.1, -0.05) is 29.8 Å². The van der Waals surface area contributed by atoms with E-state index in [-0.39, 0.29) is 17.3 Å². The highest BCUT2D eigenvalue weighted by Crippen LogP contribution is 2.55. The Balaban J connectivity index is 1.99. The van der Waals surface area contributed by atoms with Crippen LogP contribution in [0.5, 0.6) is 0 Å². The molecule has 1 aliphatic carbocycles. The lowest BCUT2D eigenvalue weighted by Gasteiger charge is -2.12. The third-order valence-corrected chi connectivity index (χ3v) is 7.08. The fourth-order valence-corrected chi connectivity index (χ4v) is 5.66. The zero-order valence-corrected chi connectivity index (χ0v) is 15.1. The number of rotatable bonds is 6. The van der Waals surface area contributed by atoms with Crippen LogP contribution in [0.1, 0.15) is 24.0 Å². The molecule has 0 heterocycles. The first-order valence-electron chi connectivity index (χ1n) is 8.23. The van der Waals surface area contributed by atoms with Crippen LogP contribution >= 0.6 is 0 Å². The van der Waals surface area contributed by atoms with E-state index in [9.17, 15) is 12.8 Å². The van der Waals surface area contributed by atoms with Crippen LogP contribution in [0.3, 0.4) is 0 Å². The molecule has 0 radical (unpaired) electrons. The predicted octanol–water partition coefficient (Wildman–Crippen LogP) is 2.81. The molecule has 2 aromatic rings. The summed E-state index contributed by atoms with van der Waals surface area (Å²) in [7, 11) is -3.63. The minimum atomic E-state index is -3.63. The first kappa shape index (κ1) is 18.0. The van der Waals surface area contributed by atoms with Crippen LogP contribution in [0.25, 0.3) is 0 Å². The molecular formula is C19H22FNO3S. The molecule has 25 heavy (non-hydrogen) atoms. The van der Waals surface area contributed by atoms with Crippen molar-refractivity contribution in [1.29, 1.82) is 0 Å². The van der Waals surface area contributed by atoms with E-state index in [2.05, 4.69) is 0 Å². The second-order valence-corrected chi connectivity index (χ2v) is 8.63. The van der Waals surface area contributed by atoms with E-state index in [0.717, 1.165) is 5.56 Å². The van der Waals surface area contributed by atoms with Crippen molar-refractivity contribution in [2.24, 2.45) is 5.73 Å². The van der Waals surface area contributed by atoms with E-state index < -0.39 is 26.5 Å². The van der Waals surface area contributed by atoms with Crippen LogP contribution in [-0.4, -0.2) is 32.4 Å². The van der Waals surface area contributed by atoms with E-state index in [1.54, 1.807) is 36.4 Å². The molecule has 1 aliphatic rings. The van der Waals surface area contributed by atoms with Crippen molar-refractivity contribution in [2.45, 2.75) is 35.4 Å². The summed E-state index contributed by atoms with van der Waals surface area (Å²) in [5.41, 5.74) is 7.13.